The Kier molecular flexibility index (Phi) is 5.78. The molecule has 0 spiro atoms. The van der Waals surface area contributed by atoms with E-state index < -0.39 is 21.9 Å². The Labute approximate surface area is 150 Å². The molecule has 0 heterocycles. The molecular weight excluding hydrogens is 368 g/mol. The van der Waals surface area contributed by atoms with E-state index in [-0.39, 0.29) is 15.5 Å². The molecule has 0 unspecified atom stereocenters. The van der Waals surface area contributed by atoms with Crippen LogP contribution in [0.15, 0.2) is 47.4 Å². The van der Waals surface area contributed by atoms with Gasteiger partial charge in [0, 0.05) is 5.69 Å². The normalized spacial score (nSPS) is 11.0. The highest BCUT2D eigenvalue weighted by Crippen LogP contribution is 2.22. The van der Waals surface area contributed by atoms with Gasteiger partial charge in [-0.15, -0.1) is 0 Å². The summed E-state index contributed by atoms with van der Waals surface area (Å²) in [4.78, 5) is 23.7. The Hall–Kier alpha value is -2.42. The van der Waals surface area contributed by atoms with Gasteiger partial charge in [-0.2, -0.15) is 0 Å². The fourth-order valence-corrected chi connectivity index (χ4v) is 2.93. The molecule has 2 aromatic rings. The first-order valence-corrected chi connectivity index (χ1v) is 8.87. The SMILES string of the molecule is CNS(=O)(=O)c1ccc(Cl)c(C(=O)Nc2ccc(C(=O)OC)cc2)c1. The van der Waals surface area contributed by atoms with E-state index in [0.29, 0.717) is 11.3 Å². The van der Waals surface area contributed by atoms with Crippen LogP contribution in [0.1, 0.15) is 20.7 Å². The number of methoxy groups -OCH3 is 1. The van der Waals surface area contributed by atoms with E-state index >= 15 is 0 Å². The van der Waals surface area contributed by atoms with Crippen molar-refractivity contribution in [3.8, 4) is 0 Å². The molecule has 7 nitrogen and oxygen atoms in total. The highest BCUT2D eigenvalue weighted by Gasteiger charge is 2.17. The molecule has 0 saturated carbocycles. The molecule has 0 bridgehead atoms. The van der Waals surface area contributed by atoms with Crippen molar-refractivity contribution in [2.75, 3.05) is 19.5 Å². The third-order valence-electron chi connectivity index (χ3n) is 3.33. The molecule has 0 atom stereocenters. The summed E-state index contributed by atoms with van der Waals surface area (Å²) >= 11 is 6.00. The summed E-state index contributed by atoms with van der Waals surface area (Å²) in [7, 11) is -1.16. The van der Waals surface area contributed by atoms with Crippen molar-refractivity contribution in [2.45, 2.75) is 4.90 Å². The van der Waals surface area contributed by atoms with Gasteiger partial charge in [-0.25, -0.2) is 17.9 Å². The van der Waals surface area contributed by atoms with Crippen molar-refractivity contribution >= 4 is 39.2 Å². The Morgan fingerprint density at radius 1 is 1.08 bits per heavy atom. The molecule has 0 aromatic heterocycles. The predicted octanol–water partition coefficient (Wildman–Crippen LogP) is 2.29. The van der Waals surface area contributed by atoms with E-state index in [0.717, 1.165) is 0 Å². The van der Waals surface area contributed by atoms with E-state index in [1.807, 2.05) is 0 Å². The van der Waals surface area contributed by atoms with E-state index in [1.54, 1.807) is 0 Å². The van der Waals surface area contributed by atoms with Gasteiger partial charge in [0.05, 0.1) is 28.2 Å². The molecule has 0 radical (unpaired) electrons. The maximum atomic E-state index is 12.4. The first kappa shape index (κ1) is 18.9. The molecule has 0 aliphatic rings. The Balaban J connectivity index is 2.26. The third-order valence-corrected chi connectivity index (χ3v) is 5.07. The van der Waals surface area contributed by atoms with Gasteiger partial charge >= 0.3 is 5.97 Å². The lowest BCUT2D eigenvalue weighted by Gasteiger charge is -2.09. The molecule has 0 aliphatic carbocycles. The average Bonchev–Trinajstić information content (AvgIpc) is 2.61. The number of carbonyl (C=O) groups excluding carboxylic acids is 2. The average molecular weight is 383 g/mol. The largest absolute Gasteiger partial charge is 0.465 e. The van der Waals surface area contributed by atoms with E-state index in [4.69, 9.17) is 11.6 Å². The molecule has 9 heteroatoms. The number of ether oxygens (including phenoxy) is 1. The van der Waals surface area contributed by atoms with Gasteiger partial charge in [0.1, 0.15) is 0 Å². The molecule has 25 heavy (non-hydrogen) atoms. The van der Waals surface area contributed by atoms with Crippen LogP contribution in [0.4, 0.5) is 5.69 Å². The van der Waals surface area contributed by atoms with Gasteiger partial charge in [0.15, 0.2) is 0 Å². The van der Waals surface area contributed by atoms with Crippen LogP contribution in [0.25, 0.3) is 0 Å². The minimum atomic E-state index is -3.70. The summed E-state index contributed by atoms with van der Waals surface area (Å²) in [5, 5.41) is 2.70. The van der Waals surface area contributed by atoms with Crippen LogP contribution in [0.5, 0.6) is 0 Å². The van der Waals surface area contributed by atoms with Gasteiger partial charge in [-0.05, 0) is 49.5 Å². The first-order chi connectivity index (χ1) is 11.8. The number of hydrogen-bond acceptors (Lipinski definition) is 5. The number of halogens is 1. The number of carbonyl (C=O) groups is 2. The molecule has 132 valence electrons. The van der Waals surface area contributed by atoms with Crippen LogP contribution >= 0.6 is 11.6 Å². The number of amides is 1. The molecule has 2 aromatic carbocycles. The molecule has 2 N–H and O–H groups in total. The number of anilines is 1. The summed E-state index contributed by atoms with van der Waals surface area (Å²) in [6.45, 7) is 0. The van der Waals surface area contributed by atoms with Crippen LogP contribution in [0, 0.1) is 0 Å². The fraction of sp³-hybridized carbons (Fsp3) is 0.125. The second-order valence-electron chi connectivity index (χ2n) is 4.87. The summed E-state index contributed by atoms with van der Waals surface area (Å²) in [5.41, 5.74) is 0.756. The van der Waals surface area contributed by atoms with Gasteiger partial charge in [0.2, 0.25) is 10.0 Å². The van der Waals surface area contributed by atoms with Gasteiger partial charge in [0.25, 0.3) is 5.91 Å². The Morgan fingerprint density at radius 3 is 2.28 bits per heavy atom. The van der Waals surface area contributed by atoms with Crippen LogP contribution in [0.3, 0.4) is 0 Å². The quantitative estimate of drug-likeness (QED) is 0.772. The molecule has 0 aliphatic heterocycles. The number of esters is 1. The third kappa shape index (κ3) is 4.36. The van der Waals surface area contributed by atoms with E-state index in [1.165, 1.54) is 56.6 Å². The number of sulfonamides is 1. The number of hydrogen-bond donors (Lipinski definition) is 2. The second kappa shape index (κ2) is 7.64. The van der Waals surface area contributed by atoms with Crippen LogP contribution in [-0.4, -0.2) is 34.5 Å². The number of benzene rings is 2. The summed E-state index contributed by atoms with van der Waals surface area (Å²) < 4.78 is 30.5. The number of nitrogens with one attached hydrogen (secondary N) is 2. The Morgan fingerprint density at radius 2 is 1.72 bits per heavy atom. The molecular formula is C16H15ClN2O5S. The van der Waals surface area contributed by atoms with Crippen LogP contribution < -0.4 is 10.0 Å². The zero-order valence-electron chi connectivity index (χ0n) is 13.4. The van der Waals surface area contributed by atoms with Crippen LogP contribution in [0.2, 0.25) is 5.02 Å². The minimum Gasteiger partial charge on any atom is -0.465 e. The van der Waals surface area contributed by atoms with Crippen molar-refractivity contribution in [2.24, 2.45) is 0 Å². The molecule has 0 fully saturated rings. The summed E-state index contributed by atoms with van der Waals surface area (Å²) in [5.74, 6) is -1.07. The lowest BCUT2D eigenvalue weighted by atomic mass is 10.2. The van der Waals surface area contributed by atoms with Gasteiger partial charge < -0.3 is 10.1 Å². The Bertz CT molecular complexity index is 911. The van der Waals surface area contributed by atoms with E-state index in [2.05, 4.69) is 14.8 Å². The van der Waals surface area contributed by atoms with E-state index in [9.17, 15) is 18.0 Å². The van der Waals surface area contributed by atoms with Gasteiger partial charge in [-0.1, -0.05) is 11.6 Å². The fourth-order valence-electron chi connectivity index (χ4n) is 1.97. The maximum Gasteiger partial charge on any atom is 0.337 e. The van der Waals surface area contributed by atoms with Gasteiger partial charge in [-0.3, -0.25) is 4.79 Å². The standard InChI is InChI=1S/C16H15ClN2O5S/c1-18-25(22,23)12-7-8-14(17)13(9-12)15(20)19-11-5-3-10(4-6-11)16(21)24-2/h3-9,18H,1-2H3,(H,19,20). The van der Waals surface area contributed by atoms with Crippen molar-refractivity contribution in [1.82, 2.24) is 4.72 Å². The lowest BCUT2D eigenvalue weighted by Crippen LogP contribution is -2.20. The first-order valence-electron chi connectivity index (χ1n) is 7.01. The minimum absolute atomic E-state index is 0.00929. The maximum absolute atomic E-state index is 12.4. The summed E-state index contributed by atoms with van der Waals surface area (Å²) in [6, 6.07) is 9.85. The highest BCUT2D eigenvalue weighted by molar-refractivity contribution is 7.89. The lowest BCUT2D eigenvalue weighted by molar-refractivity contribution is 0.0600. The van der Waals surface area contributed by atoms with Crippen molar-refractivity contribution in [3.63, 3.8) is 0 Å². The molecule has 0 saturated heterocycles. The smallest absolute Gasteiger partial charge is 0.337 e. The highest BCUT2D eigenvalue weighted by atomic mass is 35.5. The molecule has 2 rings (SSSR count). The van der Waals surface area contributed by atoms with Crippen molar-refractivity contribution in [1.29, 1.82) is 0 Å². The van der Waals surface area contributed by atoms with Crippen LogP contribution in [-0.2, 0) is 14.8 Å². The monoisotopic (exact) mass is 382 g/mol. The zero-order chi connectivity index (χ0) is 18.6. The topological polar surface area (TPSA) is 102 Å². The summed E-state index contributed by atoms with van der Waals surface area (Å²) in [6.07, 6.45) is 0. The van der Waals surface area contributed by atoms with Crippen molar-refractivity contribution in [3.05, 3.63) is 58.6 Å². The second-order valence-corrected chi connectivity index (χ2v) is 7.17. The van der Waals surface area contributed by atoms with Crippen molar-refractivity contribution < 1.29 is 22.7 Å². The number of rotatable bonds is 5. The molecule has 1 amide bonds. The zero-order valence-corrected chi connectivity index (χ0v) is 14.9. The predicted molar refractivity (Wildman–Crippen MR) is 93.4 cm³/mol.